The van der Waals surface area contributed by atoms with Gasteiger partial charge in [-0.2, -0.15) is 0 Å². The van der Waals surface area contributed by atoms with Crippen LogP contribution in [0.25, 0.3) is 0 Å². The van der Waals surface area contributed by atoms with Crippen LogP contribution < -0.4 is 5.32 Å². The molecule has 2 unspecified atom stereocenters. The number of nitrogens with one attached hydrogen (secondary N) is 1. The molecule has 124 valence electrons. The van der Waals surface area contributed by atoms with Crippen molar-refractivity contribution in [1.29, 1.82) is 0 Å². The Bertz CT molecular complexity index is 258. The predicted octanol–water partition coefficient (Wildman–Crippen LogP) is 4.59. The normalized spacial score (nSPS) is 32.3. The third kappa shape index (κ3) is 5.90. The van der Waals surface area contributed by atoms with E-state index in [9.17, 15) is 0 Å². The van der Waals surface area contributed by atoms with Crippen LogP contribution in [0, 0.1) is 5.92 Å². The SMILES string of the molecule is CNC1CCCCCCCCCCC1N1CCC(C)CC1. The Hall–Kier alpha value is -0.0800. The molecule has 0 aromatic carbocycles. The number of likely N-dealkylation sites (N-methyl/N-ethyl adjacent to an activating group) is 1. The van der Waals surface area contributed by atoms with Gasteiger partial charge in [0, 0.05) is 12.1 Å². The van der Waals surface area contributed by atoms with Crippen LogP contribution in [0.4, 0.5) is 0 Å². The van der Waals surface area contributed by atoms with Gasteiger partial charge in [-0.25, -0.2) is 0 Å². The van der Waals surface area contributed by atoms with Crippen molar-refractivity contribution in [1.82, 2.24) is 10.2 Å². The molecule has 1 heterocycles. The molecule has 2 atom stereocenters. The standard InChI is InChI=1S/C19H38N2/c1-17-13-15-21(16-14-17)19-12-10-8-6-4-3-5-7-9-11-18(19)20-2/h17-20H,3-16H2,1-2H3. The highest BCUT2D eigenvalue weighted by atomic mass is 15.2. The molecular formula is C19H38N2. The predicted molar refractivity (Wildman–Crippen MR) is 92.8 cm³/mol. The Kier molecular flexibility index (Phi) is 8.10. The third-order valence-electron chi connectivity index (χ3n) is 5.89. The molecule has 21 heavy (non-hydrogen) atoms. The number of nitrogens with zero attached hydrogens (tertiary/aromatic N) is 1. The fourth-order valence-electron chi connectivity index (χ4n) is 4.31. The number of piperidine rings is 1. The molecule has 1 N–H and O–H groups in total. The third-order valence-corrected chi connectivity index (χ3v) is 5.89. The van der Waals surface area contributed by atoms with Gasteiger partial charge < -0.3 is 5.32 Å². The van der Waals surface area contributed by atoms with E-state index in [1.165, 1.54) is 90.1 Å². The van der Waals surface area contributed by atoms with E-state index in [-0.39, 0.29) is 0 Å². The first-order valence-corrected chi connectivity index (χ1v) is 9.72. The highest BCUT2D eigenvalue weighted by Crippen LogP contribution is 2.25. The summed E-state index contributed by atoms with van der Waals surface area (Å²) in [6, 6.07) is 1.51. The second-order valence-electron chi connectivity index (χ2n) is 7.59. The molecule has 0 aromatic rings. The average Bonchev–Trinajstić information content (AvgIpc) is 2.49. The largest absolute Gasteiger partial charge is 0.315 e. The molecule has 1 saturated heterocycles. The van der Waals surface area contributed by atoms with Gasteiger partial charge in [-0.1, -0.05) is 58.3 Å². The van der Waals surface area contributed by atoms with Crippen molar-refractivity contribution in [3.8, 4) is 0 Å². The zero-order valence-electron chi connectivity index (χ0n) is 14.6. The summed E-state index contributed by atoms with van der Waals surface area (Å²) in [4.78, 5) is 2.83. The summed E-state index contributed by atoms with van der Waals surface area (Å²) in [6.45, 7) is 5.10. The first kappa shape index (κ1) is 17.3. The summed E-state index contributed by atoms with van der Waals surface area (Å²) >= 11 is 0. The van der Waals surface area contributed by atoms with Crippen molar-refractivity contribution in [2.45, 2.75) is 96.1 Å². The minimum Gasteiger partial charge on any atom is -0.315 e. The fourth-order valence-corrected chi connectivity index (χ4v) is 4.31. The van der Waals surface area contributed by atoms with E-state index in [0.29, 0.717) is 0 Å². The number of hydrogen-bond acceptors (Lipinski definition) is 2. The van der Waals surface area contributed by atoms with Gasteiger partial charge in [0.15, 0.2) is 0 Å². The first-order chi connectivity index (χ1) is 10.3. The summed E-state index contributed by atoms with van der Waals surface area (Å²) in [5, 5.41) is 3.67. The molecule has 0 radical (unpaired) electrons. The quantitative estimate of drug-likeness (QED) is 0.801. The molecule has 2 nitrogen and oxygen atoms in total. The summed E-state index contributed by atoms with van der Waals surface area (Å²) in [5.74, 6) is 0.945. The lowest BCUT2D eigenvalue weighted by atomic mass is 9.90. The summed E-state index contributed by atoms with van der Waals surface area (Å²) in [7, 11) is 2.19. The van der Waals surface area contributed by atoms with Gasteiger partial charge in [-0.15, -0.1) is 0 Å². The van der Waals surface area contributed by atoms with Crippen molar-refractivity contribution < 1.29 is 0 Å². The molecule has 2 aliphatic rings. The van der Waals surface area contributed by atoms with E-state index in [4.69, 9.17) is 0 Å². The molecule has 1 aliphatic carbocycles. The Morgan fingerprint density at radius 1 is 0.714 bits per heavy atom. The molecule has 0 amide bonds. The van der Waals surface area contributed by atoms with Gasteiger partial charge in [-0.3, -0.25) is 4.90 Å². The van der Waals surface area contributed by atoms with Crippen molar-refractivity contribution >= 4 is 0 Å². The van der Waals surface area contributed by atoms with Crippen molar-refractivity contribution in [2.75, 3.05) is 20.1 Å². The number of rotatable bonds is 2. The van der Waals surface area contributed by atoms with Gasteiger partial charge in [0.25, 0.3) is 0 Å². The smallest absolute Gasteiger partial charge is 0.0249 e. The zero-order chi connectivity index (χ0) is 14.9. The van der Waals surface area contributed by atoms with Crippen LogP contribution in [0.15, 0.2) is 0 Å². The molecule has 0 aromatic heterocycles. The van der Waals surface area contributed by atoms with E-state index in [0.717, 1.165) is 18.0 Å². The van der Waals surface area contributed by atoms with Crippen LogP contribution in [0.1, 0.15) is 84.0 Å². The highest BCUT2D eigenvalue weighted by Gasteiger charge is 2.28. The van der Waals surface area contributed by atoms with Crippen LogP contribution in [0.2, 0.25) is 0 Å². The lowest BCUT2D eigenvalue weighted by Gasteiger charge is -2.41. The second-order valence-corrected chi connectivity index (χ2v) is 7.59. The molecule has 2 rings (SSSR count). The highest BCUT2D eigenvalue weighted by molar-refractivity contribution is 4.86. The van der Waals surface area contributed by atoms with E-state index in [2.05, 4.69) is 24.2 Å². The first-order valence-electron chi connectivity index (χ1n) is 9.72. The topological polar surface area (TPSA) is 15.3 Å². The zero-order valence-corrected chi connectivity index (χ0v) is 14.6. The van der Waals surface area contributed by atoms with Gasteiger partial charge in [0.1, 0.15) is 0 Å². The fraction of sp³-hybridized carbons (Fsp3) is 1.00. The Balaban J connectivity index is 1.93. The van der Waals surface area contributed by atoms with Gasteiger partial charge >= 0.3 is 0 Å². The summed E-state index contributed by atoms with van der Waals surface area (Å²) in [6.07, 6.45) is 17.3. The maximum atomic E-state index is 3.67. The number of likely N-dealkylation sites (tertiary alicyclic amines) is 1. The lowest BCUT2D eigenvalue weighted by Crippen LogP contribution is -2.51. The van der Waals surface area contributed by atoms with Crippen molar-refractivity contribution in [3.63, 3.8) is 0 Å². The summed E-state index contributed by atoms with van der Waals surface area (Å²) in [5.41, 5.74) is 0. The molecule has 1 aliphatic heterocycles. The van der Waals surface area contributed by atoms with Gasteiger partial charge in [-0.05, 0) is 51.7 Å². The Morgan fingerprint density at radius 3 is 1.81 bits per heavy atom. The van der Waals surface area contributed by atoms with Crippen molar-refractivity contribution in [3.05, 3.63) is 0 Å². The van der Waals surface area contributed by atoms with E-state index >= 15 is 0 Å². The van der Waals surface area contributed by atoms with Crippen LogP contribution in [0.3, 0.4) is 0 Å². The molecule has 2 fully saturated rings. The van der Waals surface area contributed by atoms with Crippen LogP contribution in [-0.4, -0.2) is 37.1 Å². The van der Waals surface area contributed by atoms with E-state index in [1.807, 2.05) is 0 Å². The maximum absolute atomic E-state index is 3.67. The average molecular weight is 295 g/mol. The Labute approximate surface area is 133 Å². The number of hydrogen-bond donors (Lipinski definition) is 1. The second kappa shape index (κ2) is 9.84. The van der Waals surface area contributed by atoms with Crippen LogP contribution in [-0.2, 0) is 0 Å². The minimum absolute atomic E-state index is 0.720. The van der Waals surface area contributed by atoms with Crippen molar-refractivity contribution in [2.24, 2.45) is 5.92 Å². The van der Waals surface area contributed by atoms with Crippen LogP contribution in [0.5, 0.6) is 0 Å². The molecule has 0 spiro atoms. The van der Waals surface area contributed by atoms with E-state index < -0.39 is 0 Å². The van der Waals surface area contributed by atoms with Gasteiger partial charge in [0.2, 0.25) is 0 Å². The summed E-state index contributed by atoms with van der Waals surface area (Å²) < 4.78 is 0. The molecule has 2 heteroatoms. The van der Waals surface area contributed by atoms with Gasteiger partial charge in [0.05, 0.1) is 0 Å². The maximum Gasteiger partial charge on any atom is 0.0249 e. The molecule has 1 saturated carbocycles. The molecular weight excluding hydrogens is 256 g/mol. The monoisotopic (exact) mass is 294 g/mol. The Morgan fingerprint density at radius 2 is 1.24 bits per heavy atom. The minimum atomic E-state index is 0.720. The van der Waals surface area contributed by atoms with E-state index in [1.54, 1.807) is 0 Å². The van der Waals surface area contributed by atoms with Crippen LogP contribution >= 0.6 is 0 Å². The lowest BCUT2D eigenvalue weighted by molar-refractivity contribution is 0.100. The molecule has 0 bridgehead atoms.